The highest BCUT2D eigenvalue weighted by atomic mass is 16.6. The minimum Gasteiger partial charge on any atom is -0.497 e. The first-order valence-electron chi connectivity index (χ1n) is 9.01. The molecule has 3 aromatic carbocycles. The van der Waals surface area contributed by atoms with Crippen molar-refractivity contribution >= 4 is 23.8 Å². The molecule has 0 spiro atoms. The second-order valence-electron chi connectivity index (χ2n) is 6.17. The van der Waals surface area contributed by atoms with E-state index < -0.39 is 22.5 Å². The molecule has 1 N–H and O–H groups in total. The monoisotopic (exact) mass is 419 g/mol. The molecule has 0 aromatic heterocycles. The summed E-state index contributed by atoms with van der Waals surface area (Å²) in [6.07, 6.45) is 1.25. The third-order valence-corrected chi connectivity index (χ3v) is 4.12. The topological polar surface area (TPSA) is 120 Å². The van der Waals surface area contributed by atoms with E-state index in [1.165, 1.54) is 43.7 Å². The summed E-state index contributed by atoms with van der Waals surface area (Å²) in [5.74, 6) is -0.819. The lowest BCUT2D eigenvalue weighted by Gasteiger charge is -2.06. The molecular formula is C22H17N3O6. The lowest BCUT2D eigenvalue weighted by molar-refractivity contribution is -0.385. The fourth-order valence-corrected chi connectivity index (χ4v) is 2.55. The summed E-state index contributed by atoms with van der Waals surface area (Å²) in [6.45, 7) is 0. The first kappa shape index (κ1) is 21.2. The molecule has 0 saturated carbocycles. The van der Waals surface area contributed by atoms with Crippen LogP contribution in [0.15, 0.2) is 77.9 Å². The molecule has 0 unspecified atom stereocenters. The van der Waals surface area contributed by atoms with Gasteiger partial charge in [-0.3, -0.25) is 14.9 Å². The highest BCUT2D eigenvalue weighted by Gasteiger charge is 2.19. The van der Waals surface area contributed by atoms with E-state index in [1.54, 1.807) is 42.5 Å². The Balaban J connectivity index is 1.72. The van der Waals surface area contributed by atoms with Crippen LogP contribution in [0, 0.1) is 10.1 Å². The Hall–Kier alpha value is -4.53. The maximum absolute atomic E-state index is 12.3. The molecule has 0 aliphatic rings. The lowest BCUT2D eigenvalue weighted by atomic mass is 10.2. The predicted octanol–water partition coefficient (Wildman–Crippen LogP) is 3.59. The molecule has 0 fully saturated rings. The van der Waals surface area contributed by atoms with E-state index in [4.69, 9.17) is 9.47 Å². The van der Waals surface area contributed by atoms with Crippen molar-refractivity contribution in [1.82, 2.24) is 5.43 Å². The average molecular weight is 419 g/mol. The van der Waals surface area contributed by atoms with Gasteiger partial charge in [-0.15, -0.1) is 0 Å². The number of hydrogen-bond donors (Lipinski definition) is 1. The summed E-state index contributed by atoms with van der Waals surface area (Å²) in [5, 5.41) is 15.2. The fourth-order valence-electron chi connectivity index (χ4n) is 2.55. The zero-order chi connectivity index (χ0) is 22.2. The highest BCUT2D eigenvalue weighted by molar-refractivity contribution is 5.95. The number of hydrazone groups is 1. The minimum absolute atomic E-state index is 0.212. The van der Waals surface area contributed by atoms with E-state index in [-0.39, 0.29) is 11.3 Å². The molecule has 0 aliphatic heterocycles. The van der Waals surface area contributed by atoms with Gasteiger partial charge in [0.25, 0.3) is 5.91 Å². The Bertz CT molecular complexity index is 1130. The zero-order valence-electron chi connectivity index (χ0n) is 16.3. The number of hydrogen-bond acceptors (Lipinski definition) is 7. The molecule has 9 nitrogen and oxygen atoms in total. The van der Waals surface area contributed by atoms with Crippen molar-refractivity contribution in [1.29, 1.82) is 0 Å². The number of nitro benzene ring substituents is 1. The van der Waals surface area contributed by atoms with Crippen LogP contribution >= 0.6 is 0 Å². The van der Waals surface area contributed by atoms with Crippen molar-refractivity contribution in [2.75, 3.05) is 7.11 Å². The quantitative estimate of drug-likeness (QED) is 0.205. The summed E-state index contributed by atoms with van der Waals surface area (Å²) in [7, 11) is 1.49. The number of esters is 1. The van der Waals surface area contributed by atoms with Gasteiger partial charge in [0, 0.05) is 17.2 Å². The van der Waals surface area contributed by atoms with Crippen LogP contribution in [0.3, 0.4) is 0 Å². The zero-order valence-corrected chi connectivity index (χ0v) is 16.3. The largest absolute Gasteiger partial charge is 0.497 e. The smallest absolute Gasteiger partial charge is 0.343 e. The molecule has 0 aliphatic carbocycles. The van der Waals surface area contributed by atoms with E-state index in [9.17, 15) is 19.7 Å². The van der Waals surface area contributed by atoms with Crippen molar-refractivity contribution in [3.8, 4) is 11.5 Å². The summed E-state index contributed by atoms with van der Waals surface area (Å²) < 4.78 is 10.2. The van der Waals surface area contributed by atoms with Gasteiger partial charge in [0.2, 0.25) is 5.75 Å². The number of rotatable bonds is 7. The van der Waals surface area contributed by atoms with Crippen molar-refractivity contribution in [2.45, 2.75) is 0 Å². The van der Waals surface area contributed by atoms with Gasteiger partial charge < -0.3 is 9.47 Å². The fraction of sp³-hybridized carbons (Fsp3) is 0.0455. The van der Waals surface area contributed by atoms with Crippen LogP contribution in [0.1, 0.15) is 26.3 Å². The number of nitrogens with zero attached hydrogens (tertiary/aromatic N) is 2. The molecule has 1 amide bonds. The number of nitrogens with one attached hydrogen (secondary N) is 1. The second-order valence-corrected chi connectivity index (χ2v) is 6.17. The SMILES string of the molecule is COc1ccc(C(=O)Oc2ccc(/C=N/NC(=O)c3ccccc3)cc2[N+](=O)[O-])cc1. The molecule has 156 valence electrons. The van der Waals surface area contributed by atoms with Gasteiger partial charge in [-0.25, -0.2) is 10.2 Å². The van der Waals surface area contributed by atoms with E-state index >= 15 is 0 Å². The van der Waals surface area contributed by atoms with Crippen LogP contribution in [-0.4, -0.2) is 30.1 Å². The van der Waals surface area contributed by atoms with E-state index in [0.29, 0.717) is 16.9 Å². The Labute approximate surface area is 177 Å². The van der Waals surface area contributed by atoms with Crippen molar-refractivity contribution in [3.63, 3.8) is 0 Å². The Morgan fingerprint density at radius 3 is 2.35 bits per heavy atom. The molecule has 0 bridgehead atoms. The van der Waals surface area contributed by atoms with Gasteiger partial charge in [0.05, 0.1) is 23.8 Å². The van der Waals surface area contributed by atoms with Crippen molar-refractivity contribution < 1.29 is 24.0 Å². The van der Waals surface area contributed by atoms with E-state index in [1.807, 2.05) is 0 Å². The predicted molar refractivity (Wildman–Crippen MR) is 113 cm³/mol. The van der Waals surface area contributed by atoms with Crippen LogP contribution in [0.2, 0.25) is 0 Å². The second kappa shape index (κ2) is 9.79. The highest BCUT2D eigenvalue weighted by Crippen LogP contribution is 2.28. The number of carbonyl (C=O) groups excluding carboxylic acids is 2. The first-order chi connectivity index (χ1) is 15.0. The van der Waals surface area contributed by atoms with Gasteiger partial charge in [0.1, 0.15) is 5.75 Å². The number of methoxy groups -OCH3 is 1. The summed E-state index contributed by atoms with van der Waals surface area (Å²) in [4.78, 5) is 35.0. The van der Waals surface area contributed by atoms with Crippen LogP contribution in [0.25, 0.3) is 0 Å². The average Bonchev–Trinajstić information content (AvgIpc) is 2.80. The third-order valence-electron chi connectivity index (χ3n) is 4.12. The van der Waals surface area contributed by atoms with Crippen molar-refractivity contribution in [3.05, 3.63) is 99.6 Å². The normalized spacial score (nSPS) is 10.5. The van der Waals surface area contributed by atoms with Gasteiger partial charge in [-0.05, 0) is 48.5 Å². The summed E-state index contributed by atoms with van der Waals surface area (Å²) >= 11 is 0. The van der Waals surface area contributed by atoms with Gasteiger partial charge >= 0.3 is 11.7 Å². The molecule has 3 rings (SSSR count). The lowest BCUT2D eigenvalue weighted by Crippen LogP contribution is -2.17. The van der Waals surface area contributed by atoms with E-state index in [2.05, 4.69) is 10.5 Å². The number of carbonyl (C=O) groups is 2. The van der Waals surface area contributed by atoms with Crippen molar-refractivity contribution in [2.24, 2.45) is 5.10 Å². The third kappa shape index (κ3) is 5.51. The van der Waals surface area contributed by atoms with Crippen LogP contribution in [0.4, 0.5) is 5.69 Å². The number of ether oxygens (including phenoxy) is 2. The molecular weight excluding hydrogens is 402 g/mol. The molecule has 3 aromatic rings. The maximum Gasteiger partial charge on any atom is 0.343 e. The van der Waals surface area contributed by atoms with Gasteiger partial charge in [-0.1, -0.05) is 18.2 Å². The number of benzene rings is 3. The summed E-state index contributed by atoms with van der Waals surface area (Å²) in [5.41, 5.74) is 2.89. The Morgan fingerprint density at radius 1 is 1.00 bits per heavy atom. The minimum atomic E-state index is -0.748. The number of amides is 1. The number of nitro groups is 1. The molecule has 0 atom stereocenters. The molecule has 9 heteroatoms. The summed E-state index contributed by atoms with van der Waals surface area (Å²) in [6, 6.07) is 18.6. The Morgan fingerprint density at radius 2 is 1.71 bits per heavy atom. The van der Waals surface area contributed by atoms with Crippen LogP contribution < -0.4 is 14.9 Å². The van der Waals surface area contributed by atoms with E-state index in [0.717, 1.165) is 0 Å². The van der Waals surface area contributed by atoms with Crippen LogP contribution in [0.5, 0.6) is 11.5 Å². The van der Waals surface area contributed by atoms with Crippen LogP contribution in [-0.2, 0) is 0 Å². The molecule has 31 heavy (non-hydrogen) atoms. The standard InChI is InChI=1S/C22H17N3O6/c1-30-18-10-8-17(9-11-18)22(27)31-20-12-7-15(13-19(20)25(28)29)14-23-24-21(26)16-5-3-2-4-6-16/h2-14H,1H3,(H,24,26)/b23-14+. The van der Waals surface area contributed by atoms with Gasteiger partial charge in [0.15, 0.2) is 0 Å². The molecule has 0 radical (unpaired) electrons. The van der Waals surface area contributed by atoms with Gasteiger partial charge in [-0.2, -0.15) is 5.10 Å². The Kier molecular flexibility index (Phi) is 6.69. The molecule has 0 heterocycles. The maximum atomic E-state index is 12.3. The first-order valence-corrected chi connectivity index (χ1v) is 9.01. The molecule has 0 saturated heterocycles.